The van der Waals surface area contributed by atoms with E-state index in [2.05, 4.69) is 0 Å². The van der Waals surface area contributed by atoms with Crippen LogP contribution in [0.1, 0.15) is 0 Å². The summed E-state index contributed by atoms with van der Waals surface area (Å²) < 4.78 is 30.0. The Morgan fingerprint density at radius 2 is 1.64 bits per heavy atom. The second kappa shape index (κ2) is 8.08. The normalized spacial score (nSPS) is 24.3. The summed E-state index contributed by atoms with van der Waals surface area (Å²) in [6.45, 7) is 0. The molecule has 0 spiro atoms. The van der Waals surface area contributed by atoms with Crippen molar-refractivity contribution in [2.24, 2.45) is 11.8 Å². The number of fused-ring (bicyclic) bond motifs is 2. The molecule has 0 aromatic heterocycles. The maximum Gasteiger partial charge on any atom is 0.325 e. The van der Waals surface area contributed by atoms with Crippen LogP contribution in [0, 0.1) is 11.8 Å². The molecule has 2 unspecified atom stereocenters. The van der Waals surface area contributed by atoms with Gasteiger partial charge in [0.05, 0.1) is 34.0 Å². The van der Waals surface area contributed by atoms with Crippen molar-refractivity contribution in [3.8, 4) is 0 Å². The maximum absolute atomic E-state index is 11.4. The third-order valence-corrected chi connectivity index (χ3v) is 4.44. The highest BCUT2D eigenvalue weighted by Gasteiger charge is 2.39. The summed E-state index contributed by atoms with van der Waals surface area (Å²) in [6, 6.07) is 0. The fraction of sp³-hybridized carbons (Fsp3) is 0.300. The zero-order valence-electron chi connectivity index (χ0n) is 15.9. The van der Waals surface area contributed by atoms with Crippen LogP contribution < -0.4 is 0 Å². The van der Waals surface area contributed by atoms with Gasteiger partial charge in [0.15, 0.2) is 0 Å². The molecule has 0 aromatic rings. The lowest BCUT2D eigenvalue weighted by molar-refractivity contribution is -0.142. The molecule has 4 aliphatic rings. The lowest BCUT2D eigenvalue weighted by atomic mass is 9.95. The van der Waals surface area contributed by atoms with Crippen molar-refractivity contribution in [1.82, 2.24) is 0 Å². The van der Waals surface area contributed by atoms with E-state index in [0.717, 1.165) is 5.57 Å². The smallest absolute Gasteiger partial charge is 0.325 e. The van der Waals surface area contributed by atoms with Gasteiger partial charge >= 0.3 is 11.9 Å². The second-order valence-corrected chi connectivity index (χ2v) is 5.90. The Labute approximate surface area is 162 Å². The summed E-state index contributed by atoms with van der Waals surface area (Å²) in [6.07, 6.45) is 10.2. The number of rotatable bonds is 4. The highest BCUT2D eigenvalue weighted by atomic mass is 16.7. The first kappa shape index (κ1) is 19.3. The molecule has 0 N–H and O–H groups in total. The number of methoxy groups -OCH3 is 4. The number of carbonyl (C=O) groups is 2. The van der Waals surface area contributed by atoms with Gasteiger partial charge in [-0.1, -0.05) is 12.2 Å². The van der Waals surface area contributed by atoms with Gasteiger partial charge in [-0.2, -0.15) is 0 Å². The zero-order valence-corrected chi connectivity index (χ0v) is 15.9. The first-order valence-corrected chi connectivity index (χ1v) is 8.39. The minimum atomic E-state index is -0.384. The molecular weight excluding hydrogens is 368 g/mol. The van der Waals surface area contributed by atoms with Gasteiger partial charge in [-0.3, -0.25) is 9.59 Å². The Bertz CT molecular complexity index is 867. The topological polar surface area (TPSA) is 89.5 Å². The third-order valence-electron chi connectivity index (χ3n) is 4.44. The molecular formula is C20H20O8. The summed E-state index contributed by atoms with van der Waals surface area (Å²) in [5.74, 6) is 0.684. The highest BCUT2D eigenvalue weighted by molar-refractivity contribution is 5.84. The maximum atomic E-state index is 11.4. The number of ether oxygens (including phenoxy) is 6. The van der Waals surface area contributed by atoms with Crippen molar-refractivity contribution >= 4 is 11.9 Å². The average molecular weight is 388 g/mol. The Balaban J connectivity index is 0.000000161. The van der Waals surface area contributed by atoms with Crippen molar-refractivity contribution < 1.29 is 38.0 Å². The van der Waals surface area contributed by atoms with E-state index < -0.39 is 0 Å². The number of hydrogen-bond acceptors (Lipinski definition) is 8. The second-order valence-electron chi connectivity index (χ2n) is 5.90. The van der Waals surface area contributed by atoms with Gasteiger partial charge < -0.3 is 28.4 Å². The molecule has 0 bridgehead atoms. The number of hydrogen-bond donors (Lipinski definition) is 0. The van der Waals surface area contributed by atoms with Gasteiger partial charge in [0.25, 0.3) is 5.95 Å². The molecule has 2 atom stereocenters. The van der Waals surface area contributed by atoms with E-state index in [4.69, 9.17) is 28.4 Å². The Morgan fingerprint density at radius 1 is 0.893 bits per heavy atom. The van der Waals surface area contributed by atoms with E-state index in [9.17, 15) is 9.59 Å². The number of carbonyl (C=O) groups excluding carboxylic acids is 2. The van der Waals surface area contributed by atoms with Gasteiger partial charge in [-0.15, -0.1) is 0 Å². The summed E-state index contributed by atoms with van der Waals surface area (Å²) >= 11 is 0. The van der Waals surface area contributed by atoms with E-state index in [1.807, 2.05) is 0 Å². The van der Waals surface area contributed by atoms with Crippen molar-refractivity contribution in [3.63, 3.8) is 0 Å². The molecule has 8 heteroatoms. The molecule has 0 saturated carbocycles. The van der Waals surface area contributed by atoms with Crippen molar-refractivity contribution in [3.05, 3.63) is 71.0 Å². The van der Waals surface area contributed by atoms with Crippen LogP contribution in [-0.2, 0) is 38.0 Å². The van der Waals surface area contributed by atoms with Gasteiger partial charge in [-0.05, 0) is 12.2 Å². The number of esters is 2. The van der Waals surface area contributed by atoms with Crippen LogP contribution in [0.15, 0.2) is 71.0 Å². The van der Waals surface area contributed by atoms with Crippen LogP contribution in [0.2, 0.25) is 0 Å². The van der Waals surface area contributed by atoms with Gasteiger partial charge in [0, 0.05) is 11.6 Å². The molecule has 0 amide bonds. The summed E-state index contributed by atoms with van der Waals surface area (Å²) in [5.41, 5.74) is 1.42. The summed E-state index contributed by atoms with van der Waals surface area (Å²) in [5, 5.41) is 0. The molecule has 0 fully saturated rings. The quantitative estimate of drug-likeness (QED) is 0.678. The first-order valence-electron chi connectivity index (χ1n) is 8.39. The molecule has 8 nitrogen and oxygen atoms in total. The number of cyclic esters (lactones) is 2. The van der Waals surface area contributed by atoms with Gasteiger partial charge in [-0.25, -0.2) is 0 Å². The third kappa shape index (κ3) is 3.40. The van der Waals surface area contributed by atoms with Crippen LogP contribution in [-0.4, -0.2) is 40.4 Å². The largest absolute Gasteiger partial charge is 0.497 e. The SMILES string of the molecule is COC1=CC2C(=O)OC=C2C(OC)=C1.COC1=CC=CC2C(=O)OC(OC)=C12. The molecule has 2 aliphatic heterocycles. The molecule has 0 radical (unpaired) electrons. The van der Waals surface area contributed by atoms with Crippen molar-refractivity contribution in [2.75, 3.05) is 28.4 Å². The zero-order chi connectivity index (χ0) is 20.3. The van der Waals surface area contributed by atoms with Gasteiger partial charge in [0.1, 0.15) is 35.4 Å². The Kier molecular flexibility index (Phi) is 5.58. The van der Waals surface area contributed by atoms with Crippen LogP contribution in [0.5, 0.6) is 0 Å². The minimum Gasteiger partial charge on any atom is -0.497 e. The average Bonchev–Trinajstić information content (AvgIpc) is 3.27. The van der Waals surface area contributed by atoms with E-state index >= 15 is 0 Å². The molecule has 2 aliphatic carbocycles. The van der Waals surface area contributed by atoms with Crippen LogP contribution in [0.25, 0.3) is 0 Å². The predicted octanol–water partition coefficient (Wildman–Crippen LogP) is 2.24. The van der Waals surface area contributed by atoms with Crippen molar-refractivity contribution in [2.45, 2.75) is 0 Å². The Hall–Kier alpha value is -3.42. The van der Waals surface area contributed by atoms with E-state index in [-0.39, 0.29) is 29.7 Å². The van der Waals surface area contributed by atoms with Crippen LogP contribution >= 0.6 is 0 Å². The van der Waals surface area contributed by atoms with Gasteiger partial charge in [0.2, 0.25) is 0 Å². The monoisotopic (exact) mass is 388 g/mol. The van der Waals surface area contributed by atoms with Crippen molar-refractivity contribution in [1.29, 1.82) is 0 Å². The standard InChI is InChI=1S/2C10H10O4/c1-12-6-3-7-8(5-14-10(7)11)9(4-6)13-2;1-12-7-5-3-4-6-8(7)10(13-2)14-9(6)11/h3-5,7H,1-2H3;3-6H,1-2H3. The minimum absolute atomic E-state index is 0.234. The molecule has 0 saturated heterocycles. The molecule has 148 valence electrons. The molecule has 0 aromatic carbocycles. The lowest BCUT2D eigenvalue weighted by Crippen LogP contribution is -2.15. The number of allylic oxidation sites excluding steroid dienone is 5. The first-order chi connectivity index (χ1) is 13.5. The molecule has 2 heterocycles. The summed E-state index contributed by atoms with van der Waals surface area (Å²) in [4.78, 5) is 22.6. The fourth-order valence-corrected chi connectivity index (χ4v) is 3.05. The van der Waals surface area contributed by atoms with Crippen LogP contribution in [0.3, 0.4) is 0 Å². The Morgan fingerprint density at radius 3 is 2.29 bits per heavy atom. The fourth-order valence-electron chi connectivity index (χ4n) is 3.05. The van der Waals surface area contributed by atoms with E-state index in [1.54, 1.807) is 51.7 Å². The molecule has 4 rings (SSSR count). The highest BCUT2D eigenvalue weighted by Crippen LogP contribution is 2.36. The predicted molar refractivity (Wildman–Crippen MR) is 95.7 cm³/mol. The van der Waals surface area contributed by atoms with Crippen LogP contribution in [0.4, 0.5) is 0 Å². The summed E-state index contributed by atoms with van der Waals surface area (Å²) in [7, 11) is 6.10. The molecule has 28 heavy (non-hydrogen) atoms. The van der Waals surface area contributed by atoms with E-state index in [0.29, 0.717) is 22.9 Å². The van der Waals surface area contributed by atoms with E-state index in [1.165, 1.54) is 13.4 Å². The lowest BCUT2D eigenvalue weighted by Gasteiger charge is -2.16.